The number of hydrogen-bond donors (Lipinski definition) is 3. The van der Waals surface area contributed by atoms with E-state index in [0.717, 1.165) is 0 Å². The Labute approximate surface area is 168 Å². The first kappa shape index (κ1) is 19.5. The Kier molecular flexibility index (Phi) is 4.87. The van der Waals surface area contributed by atoms with Crippen molar-refractivity contribution in [2.24, 2.45) is 5.92 Å². The second-order valence-corrected chi connectivity index (χ2v) is 7.62. The van der Waals surface area contributed by atoms with E-state index >= 15 is 4.39 Å². The number of rotatable bonds is 3. The van der Waals surface area contributed by atoms with E-state index in [0.29, 0.717) is 23.7 Å². The van der Waals surface area contributed by atoms with Gasteiger partial charge in [0, 0.05) is 30.9 Å². The van der Waals surface area contributed by atoms with Crippen molar-refractivity contribution >= 4 is 5.96 Å². The summed E-state index contributed by atoms with van der Waals surface area (Å²) in [6, 6.07) is 4.41. The Morgan fingerprint density at radius 3 is 2.90 bits per heavy atom. The first-order chi connectivity index (χ1) is 13.8. The quantitative estimate of drug-likeness (QED) is 0.724. The van der Waals surface area contributed by atoms with E-state index in [1.165, 1.54) is 23.2 Å². The molecule has 2 aromatic rings. The van der Waals surface area contributed by atoms with Crippen molar-refractivity contribution in [1.82, 2.24) is 20.2 Å². The summed E-state index contributed by atoms with van der Waals surface area (Å²) in [5, 5.41) is 22.2. The summed E-state index contributed by atoms with van der Waals surface area (Å²) in [6.07, 6.45) is 2.57. The number of benzene rings is 1. The number of hydrogen-bond acceptors (Lipinski definition) is 6. The number of nitrogens with zero attached hydrogens (tertiary/aromatic N) is 3. The molecular weight excluding hydrogens is 377 g/mol. The highest BCUT2D eigenvalue weighted by Crippen LogP contribution is 2.44. The molecule has 0 radical (unpaired) electrons. The van der Waals surface area contributed by atoms with Gasteiger partial charge in [-0.15, -0.1) is 0 Å². The minimum Gasteiger partial charge on any atom is -0.437 e. The van der Waals surface area contributed by atoms with Gasteiger partial charge in [0.15, 0.2) is 5.96 Å². The normalized spacial score (nSPS) is 29.2. The minimum atomic E-state index is -1.09. The molecule has 0 bridgehead atoms. The van der Waals surface area contributed by atoms with Crippen LogP contribution in [-0.4, -0.2) is 51.9 Å². The van der Waals surface area contributed by atoms with E-state index in [4.69, 9.17) is 14.9 Å². The van der Waals surface area contributed by atoms with E-state index in [-0.39, 0.29) is 30.2 Å². The van der Waals surface area contributed by atoms with Crippen LogP contribution in [0.3, 0.4) is 0 Å². The van der Waals surface area contributed by atoms with E-state index in [1.54, 1.807) is 26.2 Å². The number of nitrogens with one attached hydrogen (secondary N) is 2. The van der Waals surface area contributed by atoms with Crippen LogP contribution >= 0.6 is 0 Å². The number of guanidine groups is 1. The van der Waals surface area contributed by atoms with Gasteiger partial charge in [-0.2, -0.15) is 0 Å². The van der Waals surface area contributed by atoms with Crippen molar-refractivity contribution in [2.45, 2.75) is 38.1 Å². The molecule has 0 aliphatic carbocycles. The molecule has 3 heterocycles. The SMILES string of the molecule is Cc1nccnc1Oc1ccc(F)c([C@]23CO[C@@H](C)C[C@H]2C(O)N(C)C(=N)N3)c1. The molecule has 2 aliphatic rings. The van der Waals surface area contributed by atoms with Crippen LogP contribution in [0.2, 0.25) is 0 Å². The first-order valence-electron chi connectivity index (χ1n) is 9.46. The third-order valence-corrected chi connectivity index (χ3v) is 5.73. The number of aromatic nitrogens is 2. The smallest absolute Gasteiger partial charge is 0.240 e. The van der Waals surface area contributed by atoms with Crippen molar-refractivity contribution in [1.29, 1.82) is 5.41 Å². The summed E-state index contributed by atoms with van der Waals surface area (Å²) in [6.45, 7) is 3.81. The molecule has 154 valence electrons. The molecule has 1 aromatic carbocycles. The Hall–Kier alpha value is -2.78. The lowest BCUT2D eigenvalue weighted by molar-refractivity contribution is -0.138. The topological polar surface area (TPSA) is 104 Å². The molecule has 2 aliphatic heterocycles. The summed E-state index contributed by atoms with van der Waals surface area (Å²) >= 11 is 0. The van der Waals surface area contributed by atoms with Crippen LogP contribution in [-0.2, 0) is 10.3 Å². The lowest BCUT2D eigenvalue weighted by Gasteiger charge is -2.54. The number of aliphatic hydroxyl groups excluding tert-OH is 1. The molecule has 0 spiro atoms. The van der Waals surface area contributed by atoms with Crippen LogP contribution in [0.25, 0.3) is 0 Å². The molecule has 29 heavy (non-hydrogen) atoms. The van der Waals surface area contributed by atoms with Crippen LogP contribution in [0.15, 0.2) is 30.6 Å². The molecule has 8 nitrogen and oxygen atoms in total. The Morgan fingerprint density at radius 2 is 2.14 bits per heavy atom. The summed E-state index contributed by atoms with van der Waals surface area (Å²) in [5.74, 6) is -0.126. The molecule has 0 saturated carbocycles. The van der Waals surface area contributed by atoms with E-state index < -0.39 is 17.6 Å². The van der Waals surface area contributed by atoms with Crippen molar-refractivity contribution in [3.05, 3.63) is 47.7 Å². The largest absolute Gasteiger partial charge is 0.437 e. The number of fused-ring (bicyclic) bond motifs is 1. The zero-order valence-corrected chi connectivity index (χ0v) is 16.5. The van der Waals surface area contributed by atoms with Crippen molar-refractivity contribution in [3.63, 3.8) is 0 Å². The second-order valence-electron chi connectivity index (χ2n) is 7.62. The number of halogens is 1. The van der Waals surface area contributed by atoms with Gasteiger partial charge in [0.2, 0.25) is 5.88 Å². The minimum absolute atomic E-state index is 0.00222. The van der Waals surface area contributed by atoms with Gasteiger partial charge >= 0.3 is 0 Å². The molecule has 9 heteroatoms. The second kappa shape index (κ2) is 7.23. The number of aryl methyl sites for hydroxylation is 1. The standard InChI is InChI=1S/C20H24FN5O3/c1-11-8-15-18(27)26(3)19(22)25-20(15,10-28-11)14-9-13(4-5-16(14)21)29-17-12(2)23-6-7-24-17/h4-7,9,11,15,18,27H,8,10H2,1-3H3,(H2,22,25)/t11-,15-,18?,20+/m0/s1. The molecule has 3 N–H and O–H groups in total. The fourth-order valence-corrected chi connectivity index (χ4v) is 4.08. The zero-order chi connectivity index (χ0) is 20.8. The third kappa shape index (κ3) is 3.30. The zero-order valence-electron chi connectivity index (χ0n) is 16.5. The molecule has 2 fully saturated rings. The van der Waals surface area contributed by atoms with Crippen molar-refractivity contribution in [2.75, 3.05) is 13.7 Å². The number of ether oxygens (including phenoxy) is 2. The van der Waals surface area contributed by atoms with E-state index in [1.807, 2.05) is 6.92 Å². The molecule has 4 rings (SSSR count). The van der Waals surface area contributed by atoms with Gasteiger partial charge in [0.25, 0.3) is 0 Å². The van der Waals surface area contributed by atoms with Crippen LogP contribution in [0, 0.1) is 24.1 Å². The molecule has 1 aromatic heterocycles. The molecular formula is C20H24FN5O3. The summed E-state index contributed by atoms with van der Waals surface area (Å²) in [4.78, 5) is 9.75. The number of aliphatic hydroxyl groups is 1. The van der Waals surface area contributed by atoms with Crippen LogP contribution in [0.4, 0.5) is 4.39 Å². The Bertz CT molecular complexity index is 942. The van der Waals surface area contributed by atoms with Gasteiger partial charge in [-0.05, 0) is 38.5 Å². The fraction of sp³-hybridized carbons (Fsp3) is 0.450. The molecule has 1 unspecified atom stereocenters. The average molecular weight is 401 g/mol. The van der Waals surface area contributed by atoms with E-state index in [9.17, 15) is 5.11 Å². The Balaban J connectivity index is 1.77. The predicted molar refractivity (Wildman–Crippen MR) is 103 cm³/mol. The molecule has 2 saturated heterocycles. The van der Waals surface area contributed by atoms with Gasteiger partial charge in [0.1, 0.15) is 17.8 Å². The summed E-state index contributed by atoms with van der Waals surface area (Å²) < 4.78 is 26.7. The van der Waals surface area contributed by atoms with Crippen LogP contribution < -0.4 is 10.1 Å². The maximum absolute atomic E-state index is 15.0. The average Bonchev–Trinajstić information content (AvgIpc) is 2.70. The highest BCUT2D eigenvalue weighted by Gasteiger charge is 2.54. The fourth-order valence-electron chi connectivity index (χ4n) is 4.08. The summed E-state index contributed by atoms with van der Waals surface area (Å²) in [7, 11) is 1.64. The summed E-state index contributed by atoms with van der Waals surface area (Å²) in [5.41, 5.74) is -0.194. The monoisotopic (exact) mass is 401 g/mol. The van der Waals surface area contributed by atoms with Crippen LogP contribution in [0.5, 0.6) is 11.6 Å². The van der Waals surface area contributed by atoms with Crippen LogP contribution in [0.1, 0.15) is 24.6 Å². The van der Waals surface area contributed by atoms with Gasteiger partial charge in [-0.1, -0.05) is 0 Å². The molecule has 4 atom stereocenters. The van der Waals surface area contributed by atoms with Gasteiger partial charge in [-0.3, -0.25) is 10.4 Å². The van der Waals surface area contributed by atoms with E-state index in [2.05, 4.69) is 15.3 Å². The lowest BCUT2D eigenvalue weighted by Crippen LogP contribution is -2.70. The molecule has 0 amide bonds. The maximum atomic E-state index is 15.0. The van der Waals surface area contributed by atoms with Gasteiger partial charge in [-0.25, -0.2) is 9.37 Å². The Morgan fingerprint density at radius 1 is 1.38 bits per heavy atom. The maximum Gasteiger partial charge on any atom is 0.240 e. The first-order valence-corrected chi connectivity index (χ1v) is 9.46. The third-order valence-electron chi connectivity index (χ3n) is 5.73. The van der Waals surface area contributed by atoms with Crippen molar-refractivity contribution in [3.8, 4) is 11.6 Å². The predicted octanol–water partition coefficient (Wildman–Crippen LogP) is 2.12. The van der Waals surface area contributed by atoms with Gasteiger partial charge in [0.05, 0.1) is 23.9 Å². The van der Waals surface area contributed by atoms with Crippen molar-refractivity contribution < 1.29 is 19.0 Å². The highest BCUT2D eigenvalue weighted by atomic mass is 19.1. The lowest BCUT2D eigenvalue weighted by atomic mass is 9.71. The highest BCUT2D eigenvalue weighted by molar-refractivity contribution is 5.79. The van der Waals surface area contributed by atoms with Gasteiger partial charge < -0.3 is 24.8 Å².